The van der Waals surface area contributed by atoms with E-state index in [0.29, 0.717) is 19.6 Å². The van der Waals surface area contributed by atoms with Crippen LogP contribution < -0.4 is 0 Å². The van der Waals surface area contributed by atoms with Crippen molar-refractivity contribution in [3.8, 4) is 0 Å². The van der Waals surface area contributed by atoms with Crippen molar-refractivity contribution in [1.29, 1.82) is 0 Å². The predicted octanol–water partition coefficient (Wildman–Crippen LogP) is 2.55. The van der Waals surface area contributed by atoms with Crippen LogP contribution in [0.4, 0.5) is 4.39 Å². The Morgan fingerprint density at radius 3 is 2.38 bits per heavy atom. The average Bonchev–Trinajstić information content (AvgIpc) is 2.70. The molecule has 1 saturated heterocycles. The highest BCUT2D eigenvalue weighted by Gasteiger charge is 2.30. The summed E-state index contributed by atoms with van der Waals surface area (Å²) < 4.78 is 41.0. The molecule has 0 unspecified atom stereocenters. The fourth-order valence-electron chi connectivity index (χ4n) is 3.24. The fourth-order valence-corrected chi connectivity index (χ4v) is 4.96. The van der Waals surface area contributed by atoms with E-state index in [-0.39, 0.29) is 30.4 Å². The molecule has 29 heavy (non-hydrogen) atoms. The van der Waals surface area contributed by atoms with Gasteiger partial charge in [-0.2, -0.15) is 4.31 Å². The van der Waals surface area contributed by atoms with E-state index < -0.39 is 15.8 Å². The van der Waals surface area contributed by atoms with Crippen LogP contribution in [0.5, 0.6) is 0 Å². The molecule has 0 atom stereocenters. The third-order valence-corrected chi connectivity index (χ3v) is 7.22. The lowest BCUT2D eigenvalue weighted by molar-refractivity contribution is -0.133. The van der Waals surface area contributed by atoms with E-state index in [4.69, 9.17) is 0 Å². The van der Waals surface area contributed by atoms with Crippen molar-refractivity contribution in [2.45, 2.75) is 11.4 Å². The monoisotopic (exact) mass is 483 g/mol. The Labute approximate surface area is 179 Å². The molecule has 1 aliphatic rings. The van der Waals surface area contributed by atoms with Crippen LogP contribution in [0, 0.1) is 5.82 Å². The van der Waals surface area contributed by atoms with Gasteiger partial charge in [-0.15, -0.1) is 0 Å². The van der Waals surface area contributed by atoms with Crippen LogP contribution in [-0.2, 0) is 21.4 Å². The molecule has 0 saturated carbocycles. The van der Waals surface area contributed by atoms with Crippen molar-refractivity contribution in [1.82, 2.24) is 14.1 Å². The lowest BCUT2D eigenvalue weighted by Crippen LogP contribution is -2.52. The number of amides is 1. The minimum absolute atomic E-state index is 0.0348. The lowest BCUT2D eigenvalue weighted by atomic mass is 10.2. The minimum Gasteiger partial charge on any atom is -0.339 e. The van der Waals surface area contributed by atoms with Crippen molar-refractivity contribution in [3.63, 3.8) is 0 Å². The summed E-state index contributed by atoms with van der Waals surface area (Å²) in [7, 11) is -1.88. The van der Waals surface area contributed by atoms with Crippen molar-refractivity contribution in [2.75, 3.05) is 39.8 Å². The normalized spacial score (nSPS) is 15.7. The number of hydrogen-bond donors (Lipinski definition) is 0. The number of hydrogen-bond acceptors (Lipinski definition) is 4. The van der Waals surface area contributed by atoms with E-state index in [2.05, 4.69) is 15.9 Å². The molecule has 0 aliphatic carbocycles. The molecular formula is C20H23BrFN3O3S. The molecule has 0 N–H and O–H groups in total. The number of rotatable bonds is 6. The van der Waals surface area contributed by atoms with Crippen molar-refractivity contribution in [3.05, 3.63) is 64.4 Å². The number of nitrogens with zero attached hydrogens (tertiary/aromatic N) is 3. The van der Waals surface area contributed by atoms with Crippen LogP contribution in [0.25, 0.3) is 0 Å². The molecule has 2 aromatic rings. The molecule has 156 valence electrons. The number of carbonyl (C=O) groups is 1. The Morgan fingerprint density at radius 1 is 1.10 bits per heavy atom. The Morgan fingerprint density at radius 2 is 1.76 bits per heavy atom. The van der Waals surface area contributed by atoms with Gasteiger partial charge in [-0.25, -0.2) is 12.8 Å². The Balaban J connectivity index is 1.53. The van der Waals surface area contributed by atoms with E-state index in [1.54, 1.807) is 4.90 Å². The van der Waals surface area contributed by atoms with E-state index >= 15 is 0 Å². The van der Waals surface area contributed by atoms with Gasteiger partial charge >= 0.3 is 0 Å². The maximum absolute atomic E-state index is 13.4. The molecular weight excluding hydrogens is 461 g/mol. The second kappa shape index (κ2) is 9.34. The fraction of sp³-hybridized carbons (Fsp3) is 0.350. The number of halogens is 2. The van der Waals surface area contributed by atoms with Crippen LogP contribution in [-0.4, -0.2) is 68.2 Å². The number of likely N-dealkylation sites (N-methyl/N-ethyl adjacent to an activating group) is 1. The van der Waals surface area contributed by atoms with Gasteiger partial charge in [0.15, 0.2) is 0 Å². The average molecular weight is 484 g/mol. The van der Waals surface area contributed by atoms with Crippen LogP contribution in [0.3, 0.4) is 0 Å². The second-order valence-electron chi connectivity index (χ2n) is 7.04. The van der Waals surface area contributed by atoms with Gasteiger partial charge in [-0.1, -0.05) is 34.1 Å². The van der Waals surface area contributed by atoms with Crippen LogP contribution in [0.15, 0.2) is 57.9 Å². The van der Waals surface area contributed by atoms with Crippen LogP contribution in [0.2, 0.25) is 0 Å². The van der Waals surface area contributed by atoms with E-state index in [0.717, 1.165) is 16.1 Å². The summed E-state index contributed by atoms with van der Waals surface area (Å²) >= 11 is 3.40. The van der Waals surface area contributed by atoms with Gasteiger partial charge in [0.25, 0.3) is 0 Å². The van der Waals surface area contributed by atoms with Gasteiger partial charge in [0.1, 0.15) is 5.82 Å². The Hall–Kier alpha value is -1.81. The molecule has 0 radical (unpaired) electrons. The highest BCUT2D eigenvalue weighted by atomic mass is 79.9. The number of benzene rings is 2. The summed E-state index contributed by atoms with van der Waals surface area (Å²) in [5.74, 6) is -0.624. The van der Waals surface area contributed by atoms with Crippen molar-refractivity contribution < 1.29 is 17.6 Å². The molecule has 0 bridgehead atoms. The Bertz CT molecular complexity index is 961. The summed E-state index contributed by atoms with van der Waals surface area (Å²) in [4.78, 5) is 16.1. The van der Waals surface area contributed by atoms with Crippen LogP contribution >= 0.6 is 15.9 Å². The van der Waals surface area contributed by atoms with Gasteiger partial charge in [0.05, 0.1) is 11.4 Å². The maximum Gasteiger partial charge on any atom is 0.243 e. The first-order valence-corrected chi connectivity index (χ1v) is 11.5. The zero-order valence-electron chi connectivity index (χ0n) is 16.1. The van der Waals surface area contributed by atoms with Gasteiger partial charge in [0, 0.05) is 37.2 Å². The zero-order chi connectivity index (χ0) is 21.0. The molecule has 0 spiro atoms. The topological polar surface area (TPSA) is 60.9 Å². The molecule has 2 aromatic carbocycles. The molecule has 1 fully saturated rings. The summed E-state index contributed by atoms with van der Waals surface area (Å²) in [5.41, 5.74) is 1.11. The zero-order valence-corrected chi connectivity index (χ0v) is 18.5. The number of piperazine rings is 1. The first-order chi connectivity index (χ1) is 13.8. The molecule has 1 aliphatic heterocycles. The minimum atomic E-state index is -3.76. The standard InChI is InChI=1S/C20H23BrFN3O3S/c1-23(14-16-5-7-17(21)8-6-16)15-20(26)24-9-11-25(12-10-24)29(27,28)19-4-2-3-18(22)13-19/h2-8,13H,9-12,14-15H2,1H3. The third-order valence-electron chi connectivity index (χ3n) is 4.80. The van der Waals surface area contributed by atoms with Gasteiger partial charge < -0.3 is 4.90 Å². The summed E-state index contributed by atoms with van der Waals surface area (Å²) in [6.45, 7) is 1.93. The number of carbonyl (C=O) groups excluding carboxylic acids is 1. The van der Waals surface area contributed by atoms with Gasteiger partial charge in [-0.3, -0.25) is 9.69 Å². The first-order valence-electron chi connectivity index (χ1n) is 9.22. The van der Waals surface area contributed by atoms with Gasteiger partial charge in [-0.05, 0) is 42.9 Å². The quantitative estimate of drug-likeness (QED) is 0.633. The van der Waals surface area contributed by atoms with E-state index in [1.165, 1.54) is 22.5 Å². The highest BCUT2D eigenvalue weighted by Crippen LogP contribution is 2.19. The molecule has 0 aromatic heterocycles. The highest BCUT2D eigenvalue weighted by molar-refractivity contribution is 9.10. The first kappa shape index (κ1) is 21.9. The maximum atomic E-state index is 13.4. The second-order valence-corrected chi connectivity index (χ2v) is 9.89. The molecule has 3 rings (SSSR count). The molecule has 1 heterocycles. The molecule has 9 heteroatoms. The summed E-state index contributed by atoms with van der Waals surface area (Å²) in [6.07, 6.45) is 0. The van der Waals surface area contributed by atoms with Crippen molar-refractivity contribution >= 4 is 31.9 Å². The predicted molar refractivity (Wildman–Crippen MR) is 112 cm³/mol. The lowest BCUT2D eigenvalue weighted by Gasteiger charge is -2.34. The number of sulfonamides is 1. The van der Waals surface area contributed by atoms with Gasteiger partial charge in [0.2, 0.25) is 15.9 Å². The molecule has 1 amide bonds. The summed E-state index contributed by atoms with van der Waals surface area (Å²) in [6, 6.07) is 12.9. The summed E-state index contributed by atoms with van der Waals surface area (Å²) in [5, 5.41) is 0. The van der Waals surface area contributed by atoms with Crippen molar-refractivity contribution in [2.24, 2.45) is 0 Å². The SMILES string of the molecule is CN(CC(=O)N1CCN(S(=O)(=O)c2cccc(F)c2)CC1)Cc1ccc(Br)cc1. The molecule has 6 nitrogen and oxygen atoms in total. The smallest absolute Gasteiger partial charge is 0.243 e. The largest absolute Gasteiger partial charge is 0.339 e. The van der Waals surface area contributed by atoms with E-state index in [9.17, 15) is 17.6 Å². The third kappa shape index (κ3) is 5.63. The van der Waals surface area contributed by atoms with Crippen LogP contribution in [0.1, 0.15) is 5.56 Å². The Kier molecular flexibility index (Phi) is 7.05. The van der Waals surface area contributed by atoms with E-state index in [1.807, 2.05) is 36.2 Å².